The molecule has 0 spiro atoms. The second kappa shape index (κ2) is 8.40. The maximum absolute atomic E-state index is 6.25. The summed E-state index contributed by atoms with van der Waals surface area (Å²) in [7, 11) is 0. The summed E-state index contributed by atoms with van der Waals surface area (Å²) in [6, 6.07) is 0. The van der Waals surface area contributed by atoms with Gasteiger partial charge in [-0.25, -0.2) is 9.97 Å². The maximum atomic E-state index is 6.25. The van der Waals surface area contributed by atoms with Crippen molar-refractivity contribution in [1.82, 2.24) is 19.9 Å². The molecule has 140 valence electrons. The molecular weight excluding hydrogens is 328 g/mol. The molecule has 26 heavy (non-hydrogen) atoms. The molecule has 7 nitrogen and oxygen atoms in total. The van der Waals surface area contributed by atoms with Gasteiger partial charge in [-0.3, -0.25) is 9.97 Å². The van der Waals surface area contributed by atoms with Gasteiger partial charge in [0.1, 0.15) is 11.6 Å². The van der Waals surface area contributed by atoms with Gasteiger partial charge in [0.15, 0.2) is 0 Å². The van der Waals surface area contributed by atoms with Gasteiger partial charge < -0.3 is 15.4 Å². The second-order valence-electron chi connectivity index (χ2n) is 6.96. The molecule has 1 fully saturated rings. The highest BCUT2D eigenvalue weighted by Crippen LogP contribution is 2.21. The van der Waals surface area contributed by atoms with E-state index in [0.717, 1.165) is 66.8 Å². The molecule has 0 aromatic carbocycles. The van der Waals surface area contributed by atoms with Gasteiger partial charge in [-0.05, 0) is 47.0 Å². The van der Waals surface area contributed by atoms with Crippen molar-refractivity contribution in [3.8, 4) is 0 Å². The van der Waals surface area contributed by atoms with Crippen LogP contribution in [0.2, 0.25) is 0 Å². The topological polar surface area (TPSA) is 84.9 Å². The van der Waals surface area contributed by atoms with E-state index in [-0.39, 0.29) is 12.2 Å². The van der Waals surface area contributed by atoms with Crippen LogP contribution in [0.5, 0.6) is 0 Å². The minimum atomic E-state index is 0.182. The Morgan fingerprint density at radius 2 is 1.31 bits per heavy atom. The molecule has 1 aliphatic rings. The molecule has 2 unspecified atom stereocenters. The Balaban J connectivity index is 1.51. The van der Waals surface area contributed by atoms with Crippen molar-refractivity contribution in [2.45, 2.75) is 59.2 Å². The number of aryl methyl sites for hydroxylation is 4. The minimum absolute atomic E-state index is 0.182. The molecule has 1 aliphatic heterocycles. The van der Waals surface area contributed by atoms with Crippen LogP contribution in [-0.2, 0) is 4.74 Å². The van der Waals surface area contributed by atoms with E-state index in [1.165, 1.54) is 0 Å². The lowest BCUT2D eigenvalue weighted by Gasteiger charge is -2.30. The van der Waals surface area contributed by atoms with Crippen molar-refractivity contribution in [2.75, 3.05) is 23.7 Å². The van der Waals surface area contributed by atoms with Crippen LogP contribution in [0.1, 0.15) is 42.0 Å². The number of hydrogen-bond donors (Lipinski definition) is 2. The van der Waals surface area contributed by atoms with E-state index in [1.54, 1.807) is 12.4 Å². The standard InChI is InChI=1S/C19H28N6O/c1-12-8-20-14(3)18(24-12)22-10-16-6-5-7-17(26-16)11-23-19-15(4)21-9-13(2)25-19/h8-9,16-17H,5-7,10-11H2,1-4H3,(H,22,24)(H,23,25). The van der Waals surface area contributed by atoms with E-state index >= 15 is 0 Å². The Kier molecular flexibility index (Phi) is 5.98. The Bertz CT molecular complexity index is 689. The summed E-state index contributed by atoms with van der Waals surface area (Å²) >= 11 is 0. The highest BCUT2D eigenvalue weighted by molar-refractivity contribution is 5.40. The Morgan fingerprint density at radius 3 is 1.77 bits per heavy atom. The molecular formula is C19H28N6O. The van der Waals surface area contributed by atoms with Gasteiger partial charge in [-0.1, -0.05) is 0 Å². The van der Waals surface area contributed by atoms with Crippen LogP contribution in [0, 0.1) is 27.7 Å². The summed E-state index contributed by atoms with van der Waals surface area (Å²) in [6.45, 7) is 9.33. The van der Waals surface area contributed by atoms with Crippen molar-refractivity contribution in [3.05, 3.63) is 35.2 Å². The number of nitrogens with one attached hydrogen (secondary N) is 2. The average Bonchev–Trinajstić information content (AvgIpc) is 2.63. The second-order valence-corrected chi connectivity index (χ2v) is 6.96. The summed E-state index contributed by atoms with van der Waals surface area (Å²) in [5.74, 6) is 1.69. The van der Waals surface area contributed by atoms with Gasteiger partial charge in [0, 0.05) is 25.5 Å². The predicted octanol–water partition coefficient (Wildman–Crippen LogP) is 2.96. The lowest BCUT2D eigenvalue weighted by Crippen LogP contribution is -2.36. The highest BCUT2D eigenvalue weighted by atomic mass is 16.5. The SMILES string of the molecule is Cc1cnc(C)c(NCC2CCCC(CNc3nc(C)cnc3C)O2)n1. The Labute approximate surface area is 155 Å². The molecule has 0 bridgehead atoms. The van der Waals surface area contributed by atoms with Crippen molar-refractivity contribution in [1.29, 1.82) is 0 Å². The molecule has 0 saturated carbocycles. The molecule has 2 N–H and O–H groups in total. The van der Waals surface area contributed by atoms with Crippen LogP contribution in [0.3, 0.4) is 0 Å². The number of ether oxygens (including phenoxy) is 1. The molecule has 7 heteroatoms. The zero-order chi connectivity index (χ0) is 18.5. The zero-order valence-electron chi connectivity index (χ0n) is 16.0. The quantitative estimate of drug-likeness (QED) is 0.823. The fraction of sp³-hybridized carbons (Fsp3) is 0.579. The van der Waals surface area contributed by atoms with Crippen molar-refractivity contribution in [3.63, 3.8) is 0 Å². The molecule has 2 atom stereocenters. The van der Waals surface area contributed by atoms with E-state index in [1.807, 2.05) is 27.7 Å². The van der Waals surface area contributed by atoms with Crippen molar-refractivity contribution < 1.29 is 4.74 Å². The van der Waals surface area contributed by atoms with E-state index < -0.39 is 0 Å². The smallest absolute Gasteiger partial charge is 0.147 e. The zero-order valence-corrected chi connectivity index (χ0v) is 16.0. The largest absolute Gasteiger partial charge is 0.371 e. The van der Waals surface area contributed by atoms with E-state index in [0.29, 0.717) is 0 Å². The first-order valence-corrected chi connectivity index (χ1v) is 9.25. The minimum Gasteiger partial charge on any atom is -0.371 e. The van der Waals surface area contributed by atoms with Crippen molar-refractivity contribution in [2.24, 2.45) is 0 Å². The summed E-state index contributed by atoms with van der Waals surface area (Å²) in [6.07, 6.45) is 7.22. The number of rotatable bonds is 6. The molecule has 2 aromatic rings. The van der Waals surface area contributed by atoms with Crippen LogP contribution in [-0.4, -0.2) is 45.2 Å². The van der Waals surface area contributed by atoms with Gasteiger partial charge in [0.05, 0.1) is 35.0 Å². The van der Waals surface area contributed by atoms with E-state index in [2.05, 4.69) is 30.6 Å². The van der Waals surface area contributed by atoms with Crippen molar-refractivity contribution >= 4 is 11.6 Å². The van der Waals surface area contributed by atoms with Crippen LogP contribution in [0.15, 0.2) is 12.4 Å². The van der Waals surface area contributed by atoms with Gasteiger partial charge >= 0.3 is 0 Å². The monoisotopic (exact) mass is 356 g/mol. The fourth-order valence-electron chi connectivity index (χ4n) is 3.11. The lowest BCUT2D eigenvalue weighted by atomic mass is 10.0. The van der Waals surface area contributed by atoms with E-state index in [9.17, 15) is 0 Å². The molecule has 3 rings (SSSR count). The van der Waals surface area contributed by atoms with Crippen LogP contribution in [0.4, 0.5) is 11.6 Å². The van der Waals surface area contributed by atoms with Gasteiger partial charge in [0.2, 0.25) is 0 Å². The number of nitrogens with zero attached hydrogens (tertiary/aromatic N) is 4. The highest BCUT2D eigenvalue weighted by Gasteiger charge is 2.22. The molecule has 0 amide bonds. The summed E-state index contributed by atoms with van der Waals surface area (Å²) in [4.78, 5) is 17.7. The third kappa shape index (κ3) is 4.88. The third-order valence-corrected chi connectivity index (χ3v) is 4.58. The fourth-order valence-corrected chi connectivity index (χ4v) is 3.11. The molecule has 1 saturated heterocycles. The maximum Gasteiger partial charge on any atom is 0.147 e. The van der Waals surface area contributed by atoms with Crippen LogP contribution < -0.4 is 10.6 Å². The van der Waals surface area contributed by atoms with Crippen LogP contribution >= 0.6 is 0 Å². The van der Waals surface area contributed by atoms with Gasteiger partial charge in [-0.15, -0.1) is 0 Å². The predicted molar refractivity (Wildman–Crippen MR) is 103 cm³/mol. The lowest BCUT2D eigenvalue weighted by molar-refractivity contribution is -0.0350. The average molecular weight is 356 g/mol. The summed E-state index contributed by atoms with van der Waals surface area (Å²) in [5.41, 5.74) is 3.66. The normalized spacial score (nSPS) is 20.0. The number of anilines is 2. The molecule has 0 aliphatic carbocycles. The summed E-state index contributed by atoms with van der Waals surface area (Å²) in [5, 5.41) is 6.79. The first kappa shape index (κ1) is 18.5. The number of hydrogen-bond acceptors (Lipinski definition) is 7. The van der Waals surface area contributed by atoms with Gasteiger partial charge in [-0.2, -0.15) is 0 Å². The Hall–Kier alpha value is -2.28. The number of aromatic nitrogens is 4. The van der Waals surface area contributed by atoms with Gasteiger partial charge in [0.25, 0.3) is 0 Å². The van der Waals surface area contributed by atoms with Crippen LogP contribution in [0.25, 0.3) is 0 Å². The Morgan fingerprint density at radius 1 is 0.846 bits per heavy atom. The first-order chi connectivity index (χ1) is 12.5. The molecule has 2 aromatic heterocycles. The first-order valence-electron chi connectivity index (χ1n) is 9.25. The molecule has 0 radical (unpaired) electrons. The molecule has 3 heterocycles. The van der Waals surface area contributed by atoms with E-state index in [4.69, 9.17) is 4.74 Å². The third-order valence-electron chi connectivity index (χ3n) is 4.58. The summed E-state index contributed by atoms with van der Waals surface area (Å²) < 4.78 is 6.25.